The van der Waals surface area contributed by atoms with E-state index in [0.717, 1.165) is 38.3 Å². The fourth-order valence-corrected chi connectivity index (χ4v) is 2.74. The lowest BCUT2D eigenvalue weighted by atomic mass is 9.96. The van der Waals surface area contributed by atoms with Gasteiger partial charge in [0.05, 0.1) is 0 Å². The lowest BCUT2D eigenvalue weighted by Gasteiger charge is -2.33. The van der Waals surface area contributed by atoms with Crippen LogP contribution in [0.15, 0.2) is 18.2 Å². The van der Waals surface area contributed by atoms with Crippen molar-refractivity contribution in [1.29, 1.82) is 0 Å². The minimum absolute atomic E-state index is 0.0332. The van der Waals surface area contributed by atoms with E-state index in [4.69, 9.17) is 0 Å². The van der Waals surface area contributed by atoms with Gasteiger partial charge in [0.15, 0.2) is 0 Å². The molecule has 1 saturated heterocycles. The maximum Gasteiger partial charge on any atom is 0.321 e. The Balaban J connectivity index is 2.16. The Bertz CT molecular complexity index is 491. The summed E-state index contributed by atoms with van der Waals surface area (Å²) in [4.78, 5) is 16.7. The van der Waals surface area contributed by atoms with E-state index in [1.165, 1.54) is 11.1 Å². The van der Waals surface area contributed by atoms with Crippen LogP contribution < -0.4 is 5.32 Å². The molecule has 0 bridgehead atoms. The van der Waals surface area contributed by atoms with Crippen LogP contribution in [-0.2, 0) is 6.42 Å². The first-order chi connectivity index (χ1) is 10.0. The van der Waals surface area contributed by atoms with E-state index < -0.39 is 0 Å². The SMILES string of the molecule is CCc1cccc(C(C)C)c1NC(=O)N1CCN(C)CC1. The van der Waals surface area contributed by atoms with Gasteiger partial charge in [0.1, 0.15) is 0 Å². The summed E-state index contributed by atoms with van der Waals surface area (Å²) in [5.41, 5.74) is 3.44. The van der Waals surface area contributed by atoms with Crippen LogP contribution in [0.3, 0.4) is 0 Å². The van der Waals surface area contributed by atoms with Gasteiger partial charge >= 0.3 is 6.03 Å². The number of benzene rings is 1. The molecule has 1 aliphatic heterocycles. The summed E-state index contributed by atoms with van der Waals surface area (Å²) in [5.74, 6) is 0.402. The number of nitrogens with zero attached hydrogens (tertiary/aromatic N) is 2. The maximum absolute atomic E-state index is 12.5. The van der Waals surface area contributed by atoms with Gasteiger partial charge in [0.2, 0.25) is 0 Å². The first-order valence-electron chi connectivity index (χ1n) is 7.89. The number of amides is 2. The number of anilines is 1. The Hall–Kier alpha value is -1.55. The highest BCUT2D eigenvalue weighted by atomic mass is 16.2. The number of hydrogen-bond acceptors (Lipinski definition) is 2. The van der Waals surface area contributed by atoms with E-state index >= 15 is 0 Å². The molecular weight excluding hydrogens is 262 g/mol. The van der Waals surface area contributed by atoms with Crippen molar-refractivity contribution in [3.63, 3.8) is 0 Å². The van der Waals surface area contributed by atoms with Crippen LogP contribution in [0.25, 0.3) is 0 Å². The van der Waals surface area contributed by atoms with Crippen LogP contribution in [0.5, 0.6) is 0 Å². The zero-order valence-electron chi connectivity index (χ0n) is 13.6. The number of urea groups is 1. The number of rotatable bonds is 3. The molecule has 1 N–H and O–H groups in total. The Morgan fingerprint density at radius 1 is 1.24 bits per heavy atom. The van der Waals surface area contributed by atoms with Crippen LogP contribution in [-0.4, -0.2) is 49.1 Å². The van der Waals surface area contributed by atoms with Crippen LogP contribution in [0.2, 0.25) is 0 Å². The number of aryl methyl sites for hydroxylation is 1. The molecule has 4 heteroatoms. The number of carbonyl (C=O) groups excluding carboxylic acids is 1. The van der Waals surface area contributed by atoms with Gasteiger partial charge in [-0.1, -0.05) is 39.0 Å². The summed E-state index contributed by atoms with van der Waals surface area (Å²) in [6, 6.07) is 6.33. The van der Waals surface area contributed by atoms with Gasteiger partial charge in [-0.05, 0) is 30.5 Å². The maximum atomic E-state index is 12.5. The van der Waals surface area contributed by atoms with Crippen LogP contribution in [0, 0.1) is 0 Å². The average Bonchev–Trinajstić information content (AvgIpc) is 2.47. The number of hydrogen-bond donors (Lipinski definition) is 1. The van der Waals surface area contributed by atoms with Crippen molar-refractivity contribution in [1.82, 2.24) is 9.80 Å². The number of likely N-dealkylation sites (N-methyl/N-ethyl adjacent to an activating group) is 1. The highest BCUT2D eigenvalue weighted by molar-refractivity contribution is 5.91. The first kappa shape index (κ1) is 15.8. The summed E-state index contributed by atoms with van der Waals surface area (Å²) in [5, 5.41) is 3.16. The number of para-hydroxylation sites is 1. The molecule has 1 aromatic rings. The third-order valence-corrected chi connectivity index (χ3v) is 4.21. The minimum Gasteiger partial charge on any atom is -0.322 e. The predicted molar refractivity (Wildman–Crippen MR) is 88.0 cm³/mol. The third kappa shape index (κ3) is 3.76. The number of nitrogens with one attached hydrogen (secondary N) is 1. The van der Waals surface area contributed by atoms with Gasteiger partial charge in [-0.15, -0.1) is 0 Å². The molecule has 0 aliphatic carbocycles. The molecule has 4 nitrogen and oxygen atoms in total. The minimum atomic E-state index is 0.0332. The van der Waals surface area contributed by atoms with E-state index in [9.17, 15) is 4.79 Å². The number of carbonyl (C=O) groups is 1. The van der Waals surface area contributed by atoms with Crippen molar-refractivity contribution in [3.05, 3.63) is 29.3 Å². The van der Waals surface area contributed by atoms with Crippen LogP contribution in [0.1, 0.15) is 37.8 Å². The van der Waals surface area contributed by atoms with Crippen LogP contribution in [0.4, 0.5) is 10.5 Å². The van der Waals surface area contributed by atoms with Crippen molar-refractivity contribution in [2.75, 3.05) is 38.5 Å². The Morgan fingerprint density at radius 2 is 1.90 bits per heavy atom. The molecule has 1 aromatic carbocycles. The van der Waals surface area contributed by atoms with Gasteiger partial charge in [-0.25, -0.2) is 4.79 Å². The quantitative estimate of drug-likeness (QED) is 0.928. The molecule has 1 heterocycles. The molecule has 1 fully saturated rings. The molecule has 1 aliphatic rings. The predicted octanol–water partition coefficient (Wildman–Crippen LogP) is 3.15. The van der Waals surface area contributed by atoms with Crippen molar-refractivity contribution in [2.24, 2.45) is 0 Å². The lowest BCUT2D eigenvalue weighted by molar-refractivity contribution is 0.164. The van der Waals surface area contributed by atoms with Crippen molar-refractivity contribution >= 4 is 11.7 Å². The van der Waals surface area contributed by atoms with E-state index in [0.29, 0.717) is 5.92 Å². The van der Waals surface area contributed by atoms with Crippen LogP contribution >= 0.6 is 0 Å². The lowest BCUT2D eigenvalue weighted by Crippen LogP contribution is -2.48. The first-order valence-corrected chi connectivity index (χ1v) is 7.89. The topological polar surface area (TPSA) is 35.6 Å². The van der Waals surface area contributed by atoms with Gasteiger partial charge in [0, 0.05) is 31.9 Å². The highest BCUT2D eigenvalue weighted by Crippen LogP contribution is 2.28. The van der Waals surface area contributed by atoms with Crippen molar-refractivity contribution < 1.29 is 4.79 Å². The van der Waals surface area contributed by atoms with Gasteiger partial charge < -0.3 is 15.1 Å². The van der Waals surface area contributed by atoms with Crippen molar-refractivity contribution in [3.8, 4) is 0 Å². The molecule has 0 radical (unpaired) electrons. The summed E-state index contributed by atoms with van der Waals surface area (Å²) in [7, 11) is 2.10. The molecule has 0 atom stereocenters. The molecule has 0 unspecified atom stereocenters. The Kier molecular flexibility index (Phi) is 5.23. The summed E-state index contributed by atoms with van der Waals surface area (Å²) in [6.07, 6.45) is 0.929. The second kappa shape index (κ2) is 6.94. The van der Waals surface area contributed by atoms with Crippen molar-refractivity contribution in [2.45, 2.75) is 33.1 Å². The second-order valence-corrected chi connectivity index (χ2v) is 6.11. The van der Waals surface area contributed by atoms with E-state index in [-0.39, 0.29) is 6.03 Å². The molecule has 0 spiro atoms. The second-order valence-electron chi connectivity index (χ2n) is 6.11. The standard InChI is InChI=1S/C17H27N3O/c1-5-14-7-6-8-15(13(2)3)16(14)18-17(21)20-11-9-19(4)10-12-20/h6-8,13H,5,9-12H2,1-4H3,(H,18,21). The summed E-state index contributed by atoms with van der Waals surface area (Å²) >= 11 is 0. The monoisotopic (exact) mass is 289 g/mol. The summed E-state index contributed by atoms with van der Waals surface area (Å²) in [6.45, 7) is 9.95. The fraction of sp³-hybridized carbons (Fsp3) is 0.588. The molecule has 0 aromatic heterocycles. The van der Waals surface area contributed by atoms with E-state index in [1.54, 1.807) is 0 Å². The smallest absolute Gasteiger partial charge is 0.321 e. The van der Waals surface area contributed by atoms with E-state index in [2.05, 4.69) is 56.2 Å². The molecule has 21 heavy (non-hydrogen) atoms. The zero-order chi connectivity index (χ0) is 15.4. The normalized spacial score (nSPS) is 16.3. The van der Waals surface area contributed by atoms with Gasteiger partial charge in [-0.2, -0.15) is 0 Å². The fourth-order valence-electron chi connectivity index (χ4n) is 2.74. The molecule has 2 rings (SSSR count). The summed E-state index contributed by atoms with van der Waals surface area (Å²) < 4.78 is 0. The largest absolute Gasteiger partial charge is 0.322 e. The molecule has 116 valence electrons. The molecular formula is C17H27N3O. The molecule has 2 amide bonds. The van der Waals surface area contributed by atoms with Gasteiger partial charge in [-0.3, -0.25) is 0 Å². The zero-order valence-corrected chi connectivity index (χ0v) is 13.6. The van der Waals surface area contributed by atoms with Gasteiger partial charge in [0.25, 0.3) is 0 Å². The third-order valence-electron chi connectivity index (χ3n) is 4.21. The van der Waals surface area contributed by atoms with E-state index in [1.807, 2.05) is 4.90 Å². The highest BCUT2D eigenvalue weighted by Gasteiger charge is 2.21. The Morgan fingerprint density at radius 3 is 2.48 bits per heavy atom. The Labute approximate surface area is 128 Å². The molecule has 0 saturated carbocycles. The average molecular weight is 289 g/mol. The number of piperazine rings is 1.